The molecule has 2 aliphatic rings. The Morgan fingerprint density at radius 3 is 2.85 bits per heavy atom. The Morgan fingerprint density at radius 2 is 2.11 bits per heavy atom. The van der Waals surface area contributed by atoms with Gasteiger partial charge in [0.2, 0.25) is 5.91 Å². The molecule has 1 saturated heterocycles. The summed E-state index contributed by atoms with van der Waals surface area (Å²) >= 11 is 1.52. The molecule has 3 heterocycles. The molecule has 1 aliphatic heterocycles. The van der Waals surface area contributed by atoms with Gasteiger partial charge in [0.05, 0.1) is 18.2 Å². The van der Waals surface area contributed by atoms with Gasteiger partial charge >= 0.3 is 0 Å². The van der Waals surface area contributed by atoms with E-state index in [0.717, 1.165) is 50.6 Å². The van der Waals surface area contributed by atoms with Gasteiger partial charge in [0.15, 0.2) is 0 Å². The van der Waals surface area contributed by atoms with Gasteiger partial charge in [-0.2, -0.15) is 0 Å². The van der Waals surface area contributed by atoms with E-state index in [1.54, 1.807) is 0 Å². The van der Waals surface area contributed by atoms with Gasteiger partial charge in [0.1, 0.15) is 5.00 Å². The fourth-order valence-electron chi connectivity index (χ4n) is 4.44. The van der Waals surface area contributed by atoms with Crippen LogP contribution in [-0.4, -0.2) is 34.4 Å². The Hall–Kier alpha value is -2.12. The molecule has 0 bridgehead atoms. The number of fused-ring (bicyclic) bond motifs is 1. The first-order valence-electron chi connectivity index (χ1n) is 9.64. The zero-order valence-corrected chi connectivity index (χ0v) is 16.5. The summed E-state index contributed by atoms with van der Waals surface area (Å²) in [6.07, 6.45) is 8.24. The standard InChI is InChI=1S/C20H26N4O2S/c1-23-10-4-7-14(23)15-8-5-11-24(15)12-17(25)22-20-18(19(21)26)13-6-2-3-9-16(13)27-20/h4,7,10,15H,2-3,5-6,8-9,11-12H2,1H3,(H2,21,26)(H,22,25)/t15-/m1/s1. The van der Waals surface area contributed by atoms with Crippen LogP contribution in [0.4, 0.5) is 5.00 Å². The van der Waals surface area contributed by atoms with Crippen molar-refractivity contribution in [3.63, 3.8) is 0 Å². The first-order valence-corrected chi connectivity index (χ1v) is 10.5. The number of likely N-dealkylation sites (tertiary alicyclic amines) is 1. The number of hydrogen-bond acceptors (Lipinski definition) is 4. The molecule has 3 N–H and O–H groups in total. The third-order valence-corrected chi connectivity index (χ3v) is 6.91. The molecular formula is C20H26N4O2S. The maximum Gasteiger partial charge on any atom is 0.251 e. The van der Waals surface area contributed by atoms with Crippen molar-refractivity contribution in [2.75, 3.05) is 18.4 Å². The molecule has 7 heteroatoms. The Bertz CT molecular complexity index is 869. The molecule has 2 amide bonds. The molecule has 1 atom stereocenters. The SMILES string of the molecule is Cn1cccc1[C@H]1CCCN1CC(=O)Nc1sc2c(c1C(N)=O)CCCC2. The van der Waals surface area contributed by atoms with Crippen LogP contribution in [0.1, 0.15) is 58.2 Å². The van der Waals surface area contributed by atoms with Crippen molar-refractivity contribution >= 4 is 28.2 Å². The summed E-state index contributed by atoms with van der Waals surface area (Å²) in [4.78, 5) is 28.2. The molecule has 0 unspecified atom stereocenters. The van der Waals surface area contributed by atoms with E-state index in [-0.39, 0.29) is 11.9 Å². The van der Waals surface area contributed by atoms with Crippen LogP contribution in [0.3, 0.4) is 0 Å². The predicted molar refractivity (Wildman–Crippen MR) is 107 cm³/mol. The van der Waals surface area contributed by atoms with Gasteiger partial charge in [0, 0.05) is 23.8 Å². The van der Waals surface area contributed by atoms with Crippen molar-refractivity contribution in [2.24, 2.45) is 12.8 Å². The second-order valence-corrected chi connectivity index (χ2v) is 8.61. The summed E-state index contributed by atoms with van der Waals surface area (Å²) in [6, 6.07) is 4.43. The summed E-state index contributed by atoms with van der Waals surface area (Å²) in [5.41, 5.74) is 8.45. The van der Waals surface area contributed by atoms with Crippen LogP contribution in [0, 0.1) is 0 Å². The summed E-state index contributed by atoms with van der Waals surface area (Å²) in [7, 11) is 2.04. The number of rotatable bonds is 5. The van der Waals surface area contributed by atoms with E-state index in [1.807, 2.05) is 19.3 Å². The molecule has 0 aromatic carbocycles. The largest absolute Gasteiger partial charge is 0.365 e. The van der Waals surface area contributed by atoms with Crippen LogP contribution in [0.15, 0.2) is 18.3 Å². The number of carbonyl (C=O) groups is 2. The molecule has 0 spiro atoms. The number of primary amides is 1. The highest BCUT2D eigenvalue weighted by Gasteiger charge is 2.30. The van der Waals surface area contributed by atoms with E-state index >= 15 is 0 Å². The van der Waals surface area contributed by atoms with Gasteiger partial charge < -0.3 is 15.6 Å². The fourth-order valence-corrected chi connectivity index (χ4v) is 5.75. The Morgan fingerprint density at radius 1 is 1.30 bits per heavy atom. The first-order chi connectivity index (χ1) is 13.0. The van der Waals surface area contributed by atoms with Crippen molar-refractivity contribution in [3.8, 4) is 0 Å². The van der Waals surface area contributed by atoms with Crippen molar-refractivity contribution in [1.29, 1.82) is 0 Å². The Balaban J connectivity index is 1.49. The lowest BCUT2D eigenvalue weighted by atomic mass is 9.95. The smallest absolute Gasteiger partial charge is 0.251 e. The first kappa shape index (κ1) is 18.3. The number of aromatic nitrogens is 1. The van der Waals surface area contributed by atoms with Gasteiger partial charge in [-0.05, 0) is 62.8 Å². The van der Waals surface area contributed by atoms with E-state index in [4.69, 9.17) is 5.73 Å². The molecule has 27 heavy (non-hydrogen) atoms. The number of nitrogens with zero attached hydrogens (tertiary/aromatic N) is 2. The highest BCUT2D eigenvalue weighted by molar-refractivity contribution is 7.17. The second kappa shape index (κ2) is 7.48. The third kappa shape index (κ3) is 3.53. The van der Waals surface area contributed by atoms with Crippen molar-refractivity contribution < 1.29 is 9.59 Å². The number of thiophene rings is 1. The highest BCUT2D eigenvalue weighted by atomic mass is 32.1. The molecule has 1 fully saturated rings. The van der Waals surface area contributed by atoms with E-state index in [1.165, 1.54) is 21.9 Å². The number of carbonyl (C=O) groups excluding carboxylic acids is 2. The zero-order chi connectivity index (χ0) is 19.0. The zero-order valence-electron chi connectivity index (χ0n) is 15.7. The van der Waals surface area contributed by atoms with Gasteiger partial charge in [0.25, 0.3) is 5.91 Å². The quantitative estimate of drug-likeness (QED) is 0.829. The average Bonchev–Trinajstić information content (AvgIpc) is 3.32. The van der Waals surface area contributed by atoms with Gasteiger partial charge in [-0.3, -0.25) is 14.5 Å². The number of aryl methyl sites for hydroxylation is 2. The minimum absolute atomic E-state index is 0.0720. The van der Waals surface area contributed by atoms with Crippen molar-refractivity contribution in [2.45, 2.75) is 44.6 Å². The summed E-state index contributed by atoms with van der Waals surface area (Å²) in [5, 5.41) is 3.62. The molecule has 2 aromatic rings. The van der Waals surface area contributed by atoms with Crippen LogP contribution < -0.4 is 11.1 Å². The lowest BCUT2D eigenvalue weighted by Crippen LogP contribution is -2.33. The lowest BCUT2D eigenvalue weighted by molar-refractivity contribution is -0.117. The minimum atomic E-state index is -0.437. The Kier molecular flexibility index (Phi) is 5.06. The van der Waals surface area contributed by atoms with Gasteiger partial charge in [-0.1, -0.05) is 0 Å². The molecule has 4 rings (SSSR count). The van der Waals surface area contributed by atoms with E-state index in [2.05, 4.69) is 20.9 Å². The van der Waals surface area contributed by atoms with Crippen LogP contribution in [0.25, 0.3) is 0 Å². The van der Waals surface area contributed by atoms with E-state index < -0.39 is 5.91 Å². The Labute approximate surface area is 163 Å². The minimum Gasteiger partial charge on any atom is -0.365 e. The average molecular weight is 387 g/mol. The topological polar surface area (TPSA) is 80.4 Å². The summed E-state index contributed by atoms with van der Waals surface area (Å²) in [5.74, 6) is -0.509. The highest BCUT2D eigenvalue weighted by Crippen LogP contribution is 2.38. The van der Waals surface area contributed by atoms with Crippen molar-refractivity contribution in [3.05, 3.63) is 40.0 Å². The van der Waals surface area contributed by atoms with Crippen LogP contribution in [-0.2, 0) is 24.7 Å². The number of nitrogens with two attached hydrogens (primary N) is 1. The number of amides is 2. The maximum atomic E-state index is 12.8. The van der Waals surface area contributed by atoms with E-state index in [9.17, 15) is 9.59 Å². The fraction of sp³-hybridized carbons (Fsp3) is 0.500. The second-order valence-electron chi connectivity index (χ2n) is 7.50. The molecule has 0 saturated carbocycles. The van der Waals surface area contributed by atoms with Gasteiger partial charge in [-0.25, -0.2) is 0 Å². The lowest BCUT2D eigenvalue weighted by Gasteiger charge is -2.24. The van der Waals surface area contributed by atoms with Crippen LogP contribution in [0.5, 0.6) is 0 Å². The molecule has 144 valence electrons. The monoisotopic (exact) mass is 386 g/mol. The van der Waals surface area contributed by atoms with Gasteiger partial charge in [-0.15, -0.1) is 11.3 Å². The number of hydrogen-bond donors (Lipinski definition) is 2. The van der Waals surface area contributed by atoms with Crippen LogP contribution in [0.2, 0.25) is 0 Å². The normalized spacial score (nSPS) is 19.8. The maximum absolute atomic E-state index is 12.8. The number of nitrogens with one attached hydrogen (secondary N) is 1. The molecule has 0 radical (unpaired) electrons. The molecular weight excluding hydrogens is 360 g/mol. The van der Waals surface area contributed by atoms with Crippen LogP contribution >= 0.6 is 11.3 Å². The number of anilines is 1. The van der Waals surface area contributed by atoms with E-state index in [0.29, 0.717) is 17.1 Å². The summed E-state index contributed by atoms with van der Waals surface area (Å²) < 4.78 is 2.12. The van der Waals surface area contributed by atoms with Crippen molar-refractivity contribution in [1.82, 2.24) is 9.47 Å². The summed E-state index contributed by atoms with van der Waals surface area (Å²) in [6.45, 7) is 1.24. The molecule has 1 aliphatic carbocycles. The molecule has 6 nitrogen and oxygen atoms in total. The molecule has 2 aromatic heterocycles. The third-order valence-electron chi connectivity index (χ3n) is 5.71. The predicted octanol–water partition coefficient (Wildman–Crippen LogP) is 2.84.